The molecule has 1 N–H and O–H groups in total. The van der Waals surface area contributed by atoms with Crippen molar-refractivity contribution in [3.8, 4) is 5.75 Å². The van der Waals surface area contributed by atoms with Crippen molar-refractivity contribution in [1.29, 1.82) is 0 Å². The van der Waals surface area contributed by atoms with Gasteiger partial charge in [-0.3, -0.25) is 4.98 Å². The van der Waals surface area contributed by atoms with E-state index < -0.39 is 11.6 Å². The first-order valence-corrected chi connectivity index (χ1v) is 12.4. The van der Waals surface area contributed by atoms with Crippen LogP contribution in [0.15, 0.2) is 64.8 Å². The highest BCUT2D eigenvalue weighted by molar-refractivity contribution is 7.99. The summed E-state index contributed by atoms with van der Waals surface area (Å²) in [6.07, 6.45) is 3.12. The van der Waals surface area contributed by atoms with E-state index in [1.807, 2.05) is 37.3 Å². The maximum absolute atomic E-state index is 13.8. The number of halogens is 2. The smallest absolute Gasteiger partial charge is 0.166 e. The van der Waals surface area contributed by atoms with Crippen molar-refractivity contribution in [3.63, 3.8) is 0 Å². The fourth-order valence-corrected chi connectivity index (χ4v) is 5.09. The van der Waals surface area contributed by atoms with E-state index in [0.717, 1.165) is 50.8 Å². The maximum atomic E-state index is 13.8. The van der Waals surface area contributed by atoms with Gasteiger partial charge in [-0.15, -0.1) is 11.8 Å². The molecule has 8 heteroatoms. The molecule has 0 aliphatic carbocycles. The third-order valence-electron chi connectivity index (χ3n) is 4.81. The number of fused-ring (bicyclic) bond motifs is 1. The van der Waals surface area contributed by atoms with Gasteiger partial charge in [-0.1, -0.05) is 30.0 Å². The highest BCUT2D eigenvalue weighted by atomic mass is 32.2. The van der Waals surface area contributed by atoms with E-state index in [9.17, 15) is 8.78 Å². The Bertz CT molecular complexity index is 1170. The SMILES string of the molecule is CCOc1c(SCCCc2ccc(F)cc2F)ccnc1CSc1nc2ccccc2[nH]1. The van der Waals surface area contributed by atoms with Gasteiger partial charge in [-0.05, 0) is 55.3 Å². The van der Waals surface area contributed by atoms with E-state index in [2.05, 4.69) is 15.0 Å². The first-order chi connectivity index (χ1) is 15.6. The molecule has 0 unspecified atom stereocenters. The van der Waals surface area contributed by atoms with Crippen LogP contribution < -0.4 is 4.74 Å². The minimum absolute atomic E-state index is 0.487. The van der Waals surface area contributed by atoms with E-state index in [-0.39, 0.29) is 0 Å². The maximum Gasteiger partial charge on any atom is 0.166 e. The highest BCUT2D eigenvalue weighted by Gasteiger charge is 2.14. The monoisotopic (exact) mass is 471 g/mol. The summed E-state index contributed by atoms with van der Waals surface area (Å²) in [4.78, 5) is 13.5. The second-order valence-electron chi connectivity index (χ2n) is 7.05. The summed E-state index contributed by atoms with van der Waals surface area (Å²) in [5.74, 6) is 1.17. The Morgan fingerprint density at radius 2 is 1.94 bits per heavy atom. The van der Waals surface area contributed by atoms with Crippen LogP contribution in [0, 0.1) is 11.6 Å². The van der Waals surface area contributed by atoms with E-state index in [1.54, 1.807) is 29.7 Å². The molecule has 0 radical (unpaired) electrons. The molecule has 0 aliphatic rings. The summed E-state index contributed by atoms with van der Waals surface area (Å²) < 4.78 is 32.8. The molecule has 0 bridgehead atoms. The third-order valence-corrected chi connectivity index (χ3v) is 6.82. The molecule has 0 aliphatic heterocycles. The number of para-hydroxylation sites is 2. The molecule has 0 saturated heterocycles. The normalized spacial score (nSPS) is 11.2. The van der Waals surface area contributed by atoms with Gasteiger partial charge < -0.3 is 9.72 Å². The van der Waals surface area contributed by atoms with E-state index >= 15 is 0 Å². The number of hydrogen-bond donors (Lipinski definition) is 1. The number of ether oxygens (including phenoxy) is 1. The Kier molecular flexibility index (Phi) is 7.65. The Morgan fingerprint density at radius 3 is 2.75 bits per heavy atom. The number of hydrogen-bond acceptors (Lipinski definition) is 5. The molecule has 0 spiro atoms. The minimum Gasteiger partial charge on any atom is -0.491 e. The second-order valence-corrected chi connectivity index (χ2v) is 9.15. The van der Waals surface area contributed by atoms with Gasteiger partial charge >= 0.3 is 0 Å². The van der Waals surface area contributed by atoms with Crippen molar-refractivity contribution in [2.24, 2.45) is 0 Å². The molecule has 0 fully saturated rings. The molecule has 166 valence electrons. The van der Waals surface area contributed by atoms with Gasteiger partial charge in [0.1, 0.15) is 11.6 Å². The quantitative estimate of drug-likeness (QED) is 0.207. The molecule has 0 saturated carbocycles. The number of nitrogens with zero attached hydrogens (tertiary/aromatic N) is 2. The summed E-state index contributed by atoms with van der Waals surface area (Å²) in [5.41, 5.74) is 3.35. The average molecular weight is 472 g/mol. The number of thioether (sulfide) groups is 2. The van der Waals surface area contributed by atoms with Crippen LogP contribution in [0.3, 0.4) is 0 Å². The zero-order valence-electron chi connectivity index (χ0n) is 17.6. The lowest BCUT2D eigenvalue weighted by Gasteiger charge is -2.13. The molecule has 0 amide bonds. The van der Waals surface area contributed by atoms with Crippen molar-refractivity contribution < 1.29 is 13.5 Å². The lowest BCUT2D eigenvalue weighted by atomic mass is 10.1. The van der Waals surface area contributed by atoms with Crippen molar-refractivity contribution in [3.05, 3.63) is 77.6 Å². The van der Waals surface area contributed by atoms with Gasteiger partial charge in [0.2, 0.25) is 0 Å². The van der Waals surface area contributed by atoms with Crippen LogP contribution in [0.4, 0.5) is 8.78 Å². The van der Waals surface area contributed by atoms with E-state index in [0.29, 0.717) is 24.3 Å². The number of H-pyrrole nitrogens is 1. The van der Waals surface area contributed by atoms with Gasteiger partial charge in [-0.2, -0.15) is 0 Å². The summed E-state index contributed by atoms with van der Waals surface area (Å²) in [5, 5.41) is 0.842. The van der Waals surface area contributed by atoms with Gasteiger partial charge in [-0.25, -0.2) is 13.8 Å². The van der Waals surface area contributed by atoms with Crippen molar-refractivity contribution in [1.82, 2.24) is 15.0 Å². The number of rotatable bonds is 10. The van der Waals surface area contributed by atoms with Crippen LogP contribution in [0.2, 0.25) is 0 Å². The molecule has 2 aromatic carbocycles. The van der Waals surface area contributed by atoms with Crippen LogP contribution >= 0.6 is 23.5 Å². The minimum atomic E-state index is -0.549. The predicted molar refractivity (Wildman–Crippen MR) is 126 cm³/mol. The number of aromatic amines is 1. The number of pyridine rings is 1. The van der Waals surface area contributed by atoms with Crippen molar-refractivity contribution >= 4 is 34.6 Å². The molecule has 4 aromatic rings. The summed E-state index contributed by atoms with van der Waals surface area (Å²) >= 11 is 3.25. The molecular weight excluding hydrogens is 448 g/mol. The Morgan fingerprint density at radius 1 is 1.06 bits per heavy atom. The molecule has 4 nitrogen and oxygen atoms in total. The highest BCUT2D eigenvalue weighted by Crippen LogP contribution is 2.35. The zero-order chi connectivity index (χ0) is 22.3. The van der Waals surface area contributed by atoms with Crippen LogP contribution in [0.5, 0.6) is 5.75 Å². The predicted octanol–water partition coefficient (Wildman–Crippen LogP) is 6.65. The summed E-state index contributed by atoms with van der Waals surface area (Å²) in [6.45, 7) is 2.50. The third kappa shape index (κ3) is 5.61. The van der Waals surface area contributed by atoms with Crippen LogP contribution in [0.25, 0.3) is 11.0 Å². The van der Waals surface area contributed by atoms with E-state index in [4.69, 9.17) is 4.74 Å². The number of benzene rings is 2. The molecular formula is C24H23F2N3OS2. The number of nitrogens with one attached hydrogen (secondary N) is 1. The molecule has 2 heterocycles. The van der Waals surface area contributed by atoms with Crippen LogP contribution in [0.1, 0.15) is 24.6 Å². The Balaban J connectivity index is 1.39. The lowest BCUT2D eigenvalue weighted by Crippen LogP contribution is -2.01. The topological polar surface area (TPSA) is 50.8 Å². The first kappa shape index (κ1) is 22.6. The van der Waals surface area contributed by atoms with Crippen molar-refractivity contribution in [2.45, 2.75) is 35.6 Å². The van der Waals surface area contributed by atoms with Crippen LogP contribution in [-0.2, 0) is 12.2 Å². The Hall–Kier alpha value is -2.58. The lowest BCUT2D eigenvalue weighted by molar-refractivity contribution is 0.327. The number of aromatic nitrogens is 3. The van der Waals surface area contributed by atoms with Crippen molar-refractivity contribution in [2.75, 3.05) is 12.4 Å². The van der Waals surface area contributed by atoms with Crippen LogP contribution in [-0.4, -0.2) is 27.3 Å². The molecule has 32 heavy (non-hydrogen) atoms. The molecule has 0 atom stereocenters. The van der Waals surface area contributed by atoms with Gasteiger partial charge in [0.05, 0.1) is 28.2 Å². The molecule has 4 rings (SSSR count). The fraction of sp³-hybridized carbons (Fsp3) is 0.250. The summed E-state index contributed by atoms with van der Waals surface area (Å²) in [6, 6.07) is 13.6. The molecule has 2 aromatic heterocycles. The largest absolute Gasteiger partial charge is 0.491 e. The Labute approximate surface area is 194 Å². The van der Waals surface area contributed by atoms with Gasteiger partial charge in [0, 0.05) is 18.0 Å². The summed E-state index contributed by atoms with van der Waals surface area (Å²) in [7, 11) is 0. The number of aryl methyl sites for hydroxylation is 1. The average Bonchev–Trinajstić information content (AvgIpc) is 3.21. The zero-order valence-corrected chi connectivity index (χ0v) is 19.2. The van der Waals surface area contributed by atoms with Gasteiger partial charge in [0.25, 0.3) is 0 Å². The number of imidazole rings is 1. The van der Waals surface area contributed by atoms with E-state index in [1.165, 1.54) is 12.1 Å². The fourth-order valence-electron chi connectivity index (χ4n) is 3.29. The second kappa shape index (κ2) is 10.8. The van der Waals surface area contributed by atoms with Gasteiger partial charge in [0.15, 0.2) is 10.9 Å². The first-order valence-electron chi connectivity index (χ1n) is 10.4. The standard InChI is InChI=1S/C24H23F2N3OS2/c1-2-30-23-21(15-32-24-28-19-7-3-4-8-20(19)29-24)27-12-11-22(23)31-13-5-6-16-9-10-17(25)14-18(16)26/h3-4,7-12,14H,2,5-6,13,15H2,1H3,(H,28,29).